The van der Waals surface area contributed by atoms with Crippen molar-refractivity contribution in [2.24, 2.45) is 0 Å². The van der Waals surface area contributed by atoms with Crippen molar-refractivity contribution in [2.45, 2.75) is 18.9 Å². The van der Waals surface area contributed by atoms with Crippen LogP contribution in [0.2, 0.25) is 0 Å². The highest BCUT2D eigenvalue weighted by atomic mass is 16.5. The van der Waals surface area contributed by atoms with Gasteiger partial charge in [-0.15, -0.1) is 0 Å². The van der Waals surface area contributed by atoms with E-state index in [1.54, 1.807) is 12.3 Å². The zero-order valence-corrected chi connectivity index (χ0v) is 7.94. The van der Waals surface area contributed by atoms with Crippen LogP contribution in [0.5, 0.6) is 11.5 Å². The summed E-state index contributed by atoms with van der Waals surface area (Å²) in [4.78, 5) is 3.83. The zero-order valence-electron chi connectivity index (χ0n) is 7.94. The fourth-order valence-corrected chi connectivity index (χ4v) is 1.58. The first-order chi connectivity index (χ1) is 6.84. The van der Waals surface area contributed by atoms with Crippen molar-refractivity contribution in [3.8, 4) is 11.5 Å². The minimum absolute atomic E-state index is 0.141. The molecule has 0 saturated carbocycles. The third-order valence-corrected chi connectivity index (χ3v) is 2.31. The van der Waals surface area contributed by atoms with Gasteiger partial charge in [0.2, 0.25) is 0 Å². The molecular weight excluding hydrogens is 180 g/mol. The fraction of sp³-hybridized carbons (Fsp3) is 0.500. The molecule has 0 aromatic carbocycles. The molecule has 0 bridgehead atoms. The lowest BCUT2D eigenvalue weighted by molar-refractivity contribution is 0.275. The summed E-state index contributed by atoms with van der Waals surface area (Å²) in [5, 5.41) is 12.5. The van der Waals surface area contributed by atoms with Crippen LogP contribution < -0.4 is 10.1 Å². The van der Waals surface area contributed by atoms with Crippen molar-refractivity contribution in [3.63, 3.8) is 0 Å². The molecule has 1 saturated heterocycles. The number of rotatable bonds is 3. The molecule has 1 aromatic heterocycles. The Kier molecular flexibility index (Phi) is 2.84. The van der Waals surface area contributed by atoms with Crippen molar-refractivity contribution in [1.82, 2.24) is 10.3 Å². The summed E-state index contributed by atoms with van der Waals surface area (Å²) in [6.07, 6.45) is 5.37. The number of hydrogen-bond donors (Lipinski definition) is 2. The predicted molar refractivity (Wildman–Crippen MR) is 52.4 cm³/mol. The summed E-state index contributed by atoms with van der Waals surface area (Å²) in [6.45, 7) is 1.72. The molecule has 2 N–H and O–H groups in total. The zero-order chi connectivity index (χ0) is 9.80. The lowest BCUT2D eigenvalue weighted by atomic mass is 10.2. The molecule has 1 aliphatic rings. The van der Waals surface area contributed by atoms with E-state index in [1.165, 1.54) is 12.6 Å². The summed E-state index contributed by atoms with van der Waals surface area (Å²) in [7, 11) is 0. The average molecular weight is 194 g/mol. The number of aromatic hydroxyl groups is 1. The highest BCUT2D eigenvalue weighted by Gasteiger charge is 2.14. The van der Waals surface area contributed by atoms with E-state index in [4.69, 9.17) is 9.84 Å². The molecule has 2 rings (SSSR count). The molecule has 0 radical (unpaired) electrons. The first-order valence-electron chi connectivity index (χ1n) is 4.85. The summed E-state index contributed by atoms with van der Waals surface area (Å²) in [5.74, 6) is 0.764. The summed E-state index contributed by atoms with van der Waals surface area (Å²) in [5.41, 5.74) is 0. The first-order valence-corrected chi connectivity index (χ1v) is 4.85. The molecule has 14 heavy (non-hydrogen) atoms. The van der Waals surface area contributed by atoms with Gasteiger partial charge in [-0.05, 0) is 19.4 Å². The van der Waals surface area contributed by atoms with Crippen LogP contribution in [0, 0.1) is 0 Å². The number of nitrogens with one attached hydrogen (secondary N) is 1. The van der Waals surface area contributed by atoms with Gasteiger partial charge in [-0.1, -0.05) is 0 Å². The maximum Gasteiger partial charge on any atom is 0.141 e. The molecule has 4 nitrogen and oxygen atoms in total. The largest absolute Gasteiger partial charge is 0.506 e. The van der Waals surface area contributed by atoms with E-state index in [1.807, 2.05) is 0 Å². The lowest BCUT2D eigenvalue weighted by Crippen LogP contribution is -2.28. The van der Waals surface area contributed by atoms with Gasteiger partial charge in [0.25, 0.3) is 0 Å². The molecule has 0 aliphatic carbocycles. The Morgan fingerprint density at radius 1 is 1.57 bits per heavy atom. The first kappa shape index (κ1) is 9.27. The highest BCUT2D eigenvalue weighted by molar-refractivity contribution is 5.26. The van der Waals surface area contributed by atoms with Gasteiger partial charge in [-0.25, -0.2) is 0 Å². The van der Waals surface area contributed by atoms with E-state index in [9.17, 15) is 0 Å². The van der Waals surface area contributed by atoms with Crippen molar-refractivity contribution >= 4 is 0 Å². The Morgan fingerprint density at radius 2 is 2.50 bits per heavy atom. The predicted octanol–water partition coefficient (Wildman–Crippen LogP) is 0.918. The van der Waals surface area contributed by atoms with Crippen molar-refractivity contribution in [3.05, 3.63) is 18.5 Å². The topological polar surface area (TPSA) is 54.4 Å². The van der Waals surface area contributed by atoms with Crippen LogP contribution in [0.1, 0.15) is 12.8 Å². The molecule has 0 spiro atoms. The van der Waals surface area contributed by atoms with Crippen LogP contribution in [0.4, 0.5) is 0 Å². The molecule has 1 aromatic rings. The number of ether oxygens (including phenoxy) is 1. The maximum absolute atomic E-state index is 9.15. The third kappa shape index (κ3) is 2.35. The normalized spacial score (nSPS) is 21.0. The van der Waals surface area contributed by atoms with E-state index in [2.05, 4.69) is 10.3 Å². The van der Waals surface area contributed by atoms with E-state index in [0.717, 1.165) is 13.0 Å². The third-order valence-electron chi connectivity index (χ3n) is 2.31. The van der Waals surface area contributed by atoms with Crippen molar-refractivity contribution in [2.75, 3.05) is 13.2 Å². The number of aromatic nitrogens is 1. The second kappa shape index (κ2) is 4.28. The SMILES string of the molecule is Oc1cncc(OCC2CCCN2)c1. The monoisotopic (exact) mass is 194 g/mol. The molecule has 0 amide bonds. The van der Waals surface area contributed by atoms with Gasteiger partial charge in [0.05, 0.1) is 12.4 Å². The van der Waals surface area contributed by atoms with Gasteiger partial charge < -0.3 is 15.2 Å². The molecule has 1 unspecified atom stereocenters. The average Bonchev–Trinajstić information content (AvgIpc) is 2.67. The smallest absolute Gasteiger partial charge is 0.141 e. The second-order valence-corrected chi connectivity index (χ2v) is 3.48. The maximum atomic E-state index is 9.15. The van der Waals surface area contributed by atoms with Gasteiger partial charge in [0, 0.05) is 12.1 Å². The van der Waals surface area contributed by atoms with Gasteiger partial charge >= 0.3 is 0 Å². The Bertz CT molecular complexity index is 298. The van der Waals surface area contributed by atoms with Gasteiger partial charge in [0.15, 0.2) is 0 Å². The van der Waals surface area contributed by atoms with Crippen LogP contribution in [-0.2, 0) is 0 Å². The second-order valence-electron chi connectivity index (χ2n) is 3.48. The highest BCUT2D eigenvalue weighted by Crippen LogP contribution is 2.16. The molecule has 1 fully saturated rings. The van der Waals surface area contributed by atoms with E-state index in [-0.39, 0.29) is 5.75 Å². The molecule has 1 aliphatic heterocycles. The van der Waals surface area contributed by atoms with E-state index >= 15 is 0 Å². The molecule has 76 valence electrons. The molecule has 2 heterocycles. The summed E-state index contributed by atoms with van der Waals surface area (Å²) >= 11 is 0. The summed E-state index contributed by atoms with van der Waals surface area (Å²) in [6, 6.07) is 2.01. The fourth-order valence-electron chi connectivity index (χ4n) is 1.58. The van der Waals surface area contributed by atoms with Crippen LogP contribution in [0.15, 0.2) is 18.5 Å². The molecule has 1 atom stereocenters. The van der Waals surface area contributed by atoms with Gasteiger partial charge in [-0.2, -0.15) is 0 Å². The van der Waals surface area contributed by atoms with Crippen LogP contribution >= 0.6 is 0 Å². The Hall–Kier alpha value is -1.29. The molecular formula is C10H14N2O2. The van der Waals surface area contributed by atoms with E-state index in [0.29, 0.717) is 18.4 Å². The summed E-state index contributed by atoms with van der Waals surface area (Å²) < 4.78 is 5.49. The lowest BCUT2D eigenvalue weighted by Gasteiger charge is -2.11. The minimum Gasteiger partial charge on any atom is -0.506 e. The minimum atomic E-state index is 0.141. The van der Waals surface area contributed by atoms with Crippen LogP contribution in [0.3, 0.4) is 0 Å². The standard InChI is InChI=1S/C10H14N2O2/c13-9-4-10(6-11-5-9)14-7-8-2-1-3-12-8/h4-6,8,12-13H,1-3,7H2. The van der Waals surface area contributed by atoms with E-state index < -0.39 is 0 Å². The molecule has 4 heteroatoms. The number of hydrogen-bond acceptors (Lipinski definition) is 4. The van der Waals surface area contributed by atoms with Crippen LogP contribution in [0.25, 0.3) is 0 Å². The van der Waals surface area contributed by atoms with Crippen molar-refractivity contribution in [1.29, 1.82) is 0 Å². The van der Waals surface area contributed by atoms with Crippen molar-refractivity contribution < 1.29 is 9.84 Å². The Morgan fingerprint density at radius 3 is 3.21 bits per heavy atom. The quantitative estimate of drug-likeness (QED) is 0.751. The number of pyridine rings is 1. The van der Waals surface area contributed by atoms with Gasteiger partial charge in [-0.3, -0.25) is 4.98 Å². The van der Waals surface area contributed by atoms with Crippen LogP contribution in [-0.4, -0.2) is 29.3 Å². The number of nitrogens with zero attached hydrogens (tertiary/aromatic N) is 1. The Labute approximate surface area is 82.9 Å². The van der Waals surface area contributed by atoms with Gasteiger partial charge in [0.1, 0.15) is 18.1 Å². The Balaban J connectivity index is 1.85.